The largest absolute Gasteiger partial charge is 0.288 e. The van der Waals surface area contributed by atoms with E-state index in [4.69, 9.17) is 23.2 Å². The highest BCUT2D eigenvalue weighted by Gasteiger charge is 2.50. The Balaban J connectivity index is 1.97. The maximum absolute atomic E-state index is 14.1. The molecule has 1 amide bonds. The Morgan fingerprint density at radius 2 is 1.84 bits per heavy atom. The van der Waals surface area contributed by atoms with Crippen LogP contribution in [-0.2, 0) is 4.79 Å². The van der Waals surface area contributed by atoms with Crippen LogP contribution in [0.4, 0.5) is 5.82 Å². The minimum atomic E-state index is -0.610. The number of allylic oxidation sites excluding steroid dienone is 1. The molecule has 1 saturated heterocycles. The van der Waals surface area contributed by atoms with Gasteiger partial charge in [-0.1, -0.05) is 66.5 Å². The molecule has 5 heteroatoms. The monoisotopic (exact) mass is 464 g/mol. The van der Waals surface area contributed by atoms with E-state index in [0.717, 1.165) is 16.7 Å². The molecule has 0 saturated carbocycles. The molecule has 3 nitrogen and oxygen atoms in total. The zero-order valence-electron chi connectivity index (χ0n) is 18.3. The van der Waals surface area contributed by atoms with Gasteiger partial charge in [0.15, 0.2) is 0 Å². The molecule has 2 aromatic carbocycles. The fraction of sp³-hybridized carbons (Fsp3) is 0.259. The lowest BCUT2D eigenvalue weighted by Gasteiger charge is -2.49. The van der Waals surface area contributed by atoms with E-state index in [9.17, 15) is 4.79 Å². The number of amides is 1. The molecule has 1 fully saturated rings. The maximum atomic E-state index is 14.1. The fourth-order valence-electron chi connectivity index (χ4n) is 4.81. The summed E-state index contributed by atoms with van der Waals surface area (Å²) in [5.41, 5.74) is 2.45. The van der Waals surface area contributed by atoms with Crippen LogP contribution >= 0.6 is 23.2 Å². The molecule has 3 atom stereocenters. The number of aromatic nitrogens is 1. The van der Waals surface area contributed by atoms with Crippen LogP contribution in [0.15, 0.2) is 79.5 Å². The van der Waals surface area contributed by atoms with Gasteiger partial charge in [-0.2, -0.15) is 0 Å². The van der Waals surface area contributed by atoms with Gasteiger partial charge in [-0.25, -0.2) is 4.98 Å². The van der Waals surface area contributed by atoms with Crippen molar-refractivity contribution in [1.29, 1.82) is 0 Å². The summed E-state index contributed by atoms with van der Waals surface area (Å²) in [4.78, 5) is 20.6. The second kappa shape index (κ2) is 9.09. The number of aryl methyl sites for hydroxylation is 1. The van der Waals surface area contributed by atoms with Crippen molar-refractivity contribution in [3.05, 3.63) is 106 Å². The van der Waals surface area contributed by atoms with Gasteiger partial charge in [-0.3, -0.25) is 9.69 Å². The van der Waals surface area contributed by atoms with Gasteiger partial charge in [0.25, 0.3) is 0 Å². The molecule has 1 aromatic heterocycles. The Hall–Kier alpha value is -2.62. The zero-order valence-corrected chi connectivity index (χ0v) is 19.8. The summed E-state index contributed by atoms with van der Waals surface area (Å²) in [6, 6.07) is 19.3. The summed E-state index contributed by atoms with van der Waals surface area (Å²) in [5.74, 6) is 0.746. The van der Waals surface area contributed by atoms with Crippen molar-refractivity contribution in [3.63, 3.8) is 0 Å². The smallest absolute Gasteiger partial charge is 0.235 e. The normalized spacial score (nSPS) is 23.2. The first-order chi connectivity index (χ1) is 15.3. The summed E-state index contributed by atoms with van der Waals surface area (Å²) >= 11 is 12.6. The molecule has 1 aliphatic rings. The molecule has 2 heterocycles. The highest BCUT2D eigenvalue weighted by molar-refractivity contribution is 6.30. The Morgan fingerprint density at radius 3 is 2.50 bits per heavy atom. The number of carbonyl (C=O) groups excluding carboxylic acids is 1. The van der Waals surface area contributed by atoms with Crippen molar-refractivity contribution in [1.82, 2.24) is 4.98 Å². The van der Waals surface area contributed by atoms with Crippen molar-refractivity contribution in [3.8, 4) is 0 Å². The van der Waals surface area contributed by atoms with Crippen molar-refractivity contribution in [2.24, 2.45) is 5.41 Å². The predicted octanol–water partition coefficient (Wildman–Crippen LogP) is 7.54. The van der Waals surface area contributed by atoms with Crippen molar-refractivity contribution < 1.29 is 4.79 Å². The van der Waals surface area contributed by atoms with E-state index in [2.05, 4.69) is 17.6 Å². The molecular formula is C27H26Cl2N2O. The lowest BCUT2D eigenvalue weighted by Crippen LogP contribution is -2.52. The highest BCUT2D eigenvalue weighted by atomic mass is 35.5. The van der Waals surface area contributed by atoms with Gasteiger partial charge in [0.05, 0.1) is 11.5 Å². The number of hydrogen-bond donors (Lipinski definition) is 0. The summed E-state index contributed by atoms with van der Waals surface area (Å²) in [7, 11) is 0. The average molecular weight is 465 g/mol. The van der Waals surface area contributed by atoms with E-state index < -0.39 is 5.41 Å². The second-order valence-corrected chi connectivity index (χ2v) is 9.61. The van der Waals surface area contributed by atoms with Gasteiger partial charge >= 0.3 is 0 Å². The first kappa shape index (κ1) is 22.6. The average Bonchev–Trinajstić information content (AvgIpc) is 2.77. The molecule has 0 bridgehead atoms. The third kappa shape index (κ3) is 4.20. The summed E-state index contributed by atoms with van der Waals surface area (Å²) in [6.45, 7) is 7.94. The summed E-state index contributed by atoms with van der Waals surface area (Å²) in [6.07, 6.45) is 4.83. The van der Waals surface area contributed by atoms with Crippen LogP contribution in [0, 0.1) is 12.3 Å². The molecule has 1 aliphatic heterocycles. The molecule has 0 spiro atoms. The van der Waals surface area contributed by atoms with Gasteiger partial charge in [-0.05, 0) is 66.8 Å². The van der Waals surface area contributed by atoms with Crippen LogP contribution in [0.5, 0.6) is 0 Å². The Bertz CT molecular complexity index is 1140. The van der Waals surface area contributed by atoms with Gasteiger partial charge < -0.3 is 0 Å². The van der Waals surface area contributed by atoms with Crippen LogP contribution in [0.1, 0.15) is 48.4 Å². The fourth-order valence-corrected chi connectivity index (χ4v) is 5.13. The number of nitrogens with zero attached hydrogens (tertiary/aromatic N) is 2. The third-order valence-electron chi connectivity index (χ3n) is 6.36. The molecule has 32 heavy (non-hydrogen) atoms. The van der Waals surface area contributed by atoms with Crippen molar-refractivity contribution in [2.45, 2.75) is 38.6 Å². The van der Waals surface area contributed by atoms with Crippen LogP contribution < -0.4 is 4.90 Å². The number of carbonyl (C=O) groups is 1. The van der Waals surface area contributed by atoms with E-state index in [-0.39, 0.29) is 17.9 Å². The lowest BCUT2D eigenvalue weighted by molar-refractivity contribution is -0.131. The van der Waals surface area contributed by atoms with Crippen LogP contribution in [-0.4, -0.2) is 10.9 Å². The van der Waals surface area contributed by atoms with E-state index in [1.54, 1.807) is 6.20 Å². The van der Waals surface area contributed by atoms with Crippen LogP contribution in [0.25, 0.3) is 0 Å². The summed E-state index contributed by atoms with van der Waals surface area (Å²) < 4.78 is 0. The van der Waals surface area contributed by atoms with Crippen molar-refractivity contribution >= 4 is 34.9 Å². The van der Waals surface area contributed by atoms with Gasteiger partial charge in [0.2, 0.25) is 5.91 Å². The minimum absolute atomic E-state index is 0.0129. The Morgan fingerprint density at radius 1 is 1.09 bits per heavy atom. The van der Waals surface area contributed by atoms with Crippen molar-refractivity contribution in [2.75, 3.05) is 4.90 Å². The Labute approximate surface area is 199 Å². The first-order valence-electron chi connectivity index (χ1n) is 10.7. The summed E-state index contributed by atoms with van der Waals surface area (Å²) in [5, 5.41) is 1.34. The molecular weight excluding hydrogens is 439 g/mol. The zero-order chi connectivity index (χ0) is 22.9. The van der Waals surface area contributed by atoms with E-state index >= 15 is 0 Å². The Kier molecular flexibility index (Phi) is 6.41. The minimum Gasteiger partial charge on any atom is -0.288 e. The first-order valence-corrected chi connectivity index (χ1v) is 11.5. The number of anilines is 1. The van der Waals surface area contributed by atoms with Gasteiger partial charge in [0, 0.05) is 22.2 Å². The van der Waals surface area contributed by atoms with Crippen LogP contribution in [0.3, 0.4) is 0 Å². The van der Waals surface area contributed by atoms with E-state index in [0.29, 0.717) is 28.7 Å². The number of hydrogen-bond acceptors (Lipinski definition) is 2. The molecule has 3 aromatic rings. The number of halogens is 2. The quantitative estimate of drug-likeness (QED) is 0.365. The van der Waals surface area contributed by atoms with Gasteiger partial charge in [-0.15, -0.1) is 6.58 Å². The molecule has 1 unspecified atom stereocenters. The molecule has 164 valence electrons. The van der Waals surface area contributed by atoms with E-state index in [1.165, 1.54) is 0 Å². The topological polar surface area (TPSA) is 33.2 Å². The number of pyridine rings is 1. The number of piperidine rings is 1. The maximum Gasteiger partial charge on any atom is 0.235 e. The predicted molar refractivity (Wildman–Crippen MR) is 132 cm³/mol. The van der Waals surface area contributed by atoms with Gasteiger partial charge in [0.1, 0.15) is 5.82 Å². The van der Waals surface area contributed by atoms with Crippen LogP contribution in [0.2, 0.25) is 10.0 Å². The number of rotatable bonds is 5. The van der Waals surface area contributed by atoms with E-state index in [1.807, 2.05) is 79.4 Å². The number of benzene rings is 2. The molecule has 0 aliphatic carbocycles. The molecule has 0 N–H and O–H groups in total. The second-order valence-electron chi connectivity index (χ2n) is 8.73. The standard InChI is InChI=1S/C27H26Cl2N2O/c1-4-14-27(3)17-23(20-8-5-9-22(29)16-20)24(19-10-12-21(28)13-11-19)31(26(27)32)25-18(2)7-6-15-30-25/h4-13,15-16,23-24H,1,14,17H2,2-3H3/t23-,24?,27+/m1/s1. The third-order valence-corrected chi connectivity index (χ3v) is 6.85. The molecule has 0 radical (unpaired) electrons. The lowest BCUT2D eigenvalue weighted by atomic mass is 9.67. The highest BCUT2D eigenvalue weighted by Crippen LogP contribution is 2.52. The SMILES string of the molecule is C=CC[C@@]1(C)C[C@H](c2cccc(Cl)c2)C(c2ccc(Cl)cc2)N(c2ncccc2C)C1=O. The molecule has 4 rings (SSSR count).